The number of primary amides is 1. The number of nitrogens with zero attached hydrogens (tertiary/aromatic N) is 2. The van der Waals surface area contributed by atoms with Crippen LogP contribution < -0.4 is 10.5 Å². The summed E-state index contributed by atoms with van der Waals surface area (Å²) in [6, 6.07) is 16.2. The lowest BCUT2D eigenvalue weighted by Crippen LogP contribution is -2.31. The number of carbonyl (C=O) groups excluding carboxylic acids is 2. The van der Waals surface area contributed by atoms with Crippen molar-refractivity contribution < 1.29 is 22.4 Å². The van der Waals surface area contributed by atoms with E-state index in [0.717, 1.165) is 16.7 Å². The van der Waals surface area contributed by atoms with Gasteiger partial charge in [0, 0.05) is 27.6 Å². The summed E-state index contributed by atoms with van der Waals surface area (Å²) in [6.07, 6.45) is 3.70. The molecule has 9 nitrogen and oxygen atoms in total. The Hall–Kier alpha value is -4.22. The fourth-order valence-electron chi connectivity index (χ4n) is 4.92. The molecule has 1 aromatic heterocycles. The van der Waals surface area contributed by atoms with Crippen LogP contribution in [0.1, 0.15) is 44.9 Å². The van der Waals surface area contributed by atoms with Gasteiger partial charge in [-0.05, 0) is 63.8 Å². The van der Waals surface area contributed by atoms with E-state index in [2.05, 4.69) is 25.6 Å². The van der Waals surface area contributed by atoms with E-state index < -0.39 is 21.8 Å². The van der Waals surface area contributed by atoms with Gasteiger partial charge in [-0.1, -0.05) is 43.3 Å². The maximum Gasteiger partial charge on any atom is 0.267 e. The van der Waals surface area contributed by atoms with Crippen molar-refractivity contribution >= 4 is 37.8 Å². The molecule has 2 heterocycles. The highest BCUT2D eigenvalue weighted by Crippen LogP contribution is 2.47. The van der Waals surface area contributed by atoms with Gasteiger partial charge in [-0.25, -0.2) is 18.1 Å². The second-order valence-corrected chi connectivity index (χ2v) is 11.6. The molecule has 40 heavy (non-hydrogen) atoms. The Balaban J connectivity index is 1.68. The molecule has 2 aliphatic rings. The van der Waals surface area contributed by atoms with Gasteiger partial charge in [0.25, 0.3) is 21.8 Å². The first kappa shape index (κ1) is 27.4. The SMILES string of the molecule is CCc1nc(C)c(C(N)=O)n1Cc1c2ccocc-2c(Br)c1-c1ccccc1C(=O)NS(=O)(=O)c1ccccc1. The van der Waals surface area contributed by atoms with Gasteiger partial charge in [-0.2, -0.15) is 0 Å². The monoisotopic (exact) mass is 620 g/mol. The van der Waals surface area contributed by atoms with Gasteiger partial charge in [-0.15, -0.1) is 0 Å². The summed E-state index contributed by atoms with van der Waals surface area (Å²) in [5.74, 6) is -0.691. The van der Waals surface area contributed by atoms with Crippen LogP contribution in [0.2, 0.25) is 0 Å². The van der Waals surface area contributed by atoms with Gasteiger partial charge in [0.1, 0.15) is 11.5 Å². The molecule has 2 aromatic carbocycles. The Bertz CT molecular complexity index is 1830. The summed E-state index contributed by atoms with van der Waals surface area (Å²) in [7, 11) is -4.11. The first-order chi connectivity index (χ1) is 19.1. The van der Waals surface area contributed by atoms with Crippen molar-refractivity contribution in [2.24, 2.45) is 5.73 Å². The second kappa shape index (κ2) is 10.7. The molecule has 0 atom stereocenters. The van der Waals surface area contributed by atoms with Gasteiger partial charge >= 0.3 is 0 Å². The van der Waals surface area contributed by atoms with Crippen molar-refractivity contribution in [2.45, 2.75) is 31.7 Å². The molecule has 11 heteroatoms. The predicted octanol–water partition coefficient (Wildman–Crippen LogP) is 5.15. The lowest BCUT2D eigenvalue weighted by Gasteiger charge is -2.15. The van der Waals surface area contributed by atoms with Crippen molar-refractivity contribution in [3.05, 3.63) is 106 Å². The number of aromatic nitrogens is 2. The van der Waals surface area contributed by atoms with Gasteiger partial charge in [0.2, 0.25) is 0 Å². The summed E-state index contributed by atoms with van der Waals surface area (Å²) in [4.78, 5) is 30.4. The van der Waals surface area contributed by atoms with E-state index in [9.17, 15) is 18.0 Å². The molecular weight excluding hydrogens is 596 g/mol. The van der Waals surface area contributed by atoms with E-state index in [0.29, 0.717) is 39.2 Å². The summed E-state index contributed by atoms with van der Waals surface area (Å²) >= 11 is 3.70. The highest BCUT2D eigenvalue weighted by atomic mass is 79.9. The molecular formula is C29H25BrN4O5S. The van der Waals surface area contributed by atoms with Crippen molar-refractivity contribution in [3.63, 3.8) is 0 Å². The smallest absolute Gasteiger partial charge is 0.267 e. The number of amides is 2. The molecule has 0 bridgehead atoms. The minimum absolute atomic E-state index is 0.0232. The molecule has 3 aromatic rings. The number of nitrogens with one attached hydrogen (secondary N) is 1. The standard InChI is InChI=1S/C29H25BrN4O5S/c1-3-24-32-17(2)27(28(31)35)34(24)15-22-19-13-14-39-16-23(19)26(30)25(22)20-11-7-8-12-21(20)29(36)33-40(37,38)18-9-5-4-6-10-18/h4-14,16H,3,15H2,1-2H3,(H2,31,35)(H,33,36). The molecule has 1 aliphatic heterocycles. The molecule has 0 unspecified atom stereocenters. The van der Waals surface area contributed by atoms with Crippen LogP contribution in [0.5, 0.6) is 0 Å². The molecule has 204 valence electrons. The van der Waals surface area contributed by atoms with Gasteiger partial charge in [0.05, 0.1) is 29.7 Å². The van der Waals surface area contributed by atoms with Crippen LogP contribution in [0.4, 0.5) is 0 Å². The fraction of sp³-hybridized carbons (Fsp3) is 0.138. The summed E-state index contributed by atoms with van der Waals surface area (Å²) in [5, 5.41) is 0. The van der Waals surface area contributed by atoms with E-state index in [1.54, 1.807) is 72.5 Å². The van der Waals surface area contributed by atoms with Crippen molar-refractivity contribution in [2.75, 3.05) is 0 Å². The number of carbonyl (C=O) groups is 2. The first-order valence-electron chi connectivity index (χ1n) is 12.4. The van der Waals surface area contributed by atoms with Crippen molar-refractivity contribution in [1.29, 1.82) is 0 Å². The third-order valence-corrected chi connectivity index (χ3v) is 8.85. The highest BCUT2D eigenvalue weighted by molar-refractivity contribution is 9.10. The number of benzene rings is 2. The molecule has 1 aliphatic carbocycles. The Labute approximate surface area is 239 Å². The number of rotatable bonds is 8. The van der Waals surface area contributed by atoms with Crippen molar-refractivity contribution in [1.82, 2.24) is 14.3 Å². The maximum absolute atomic E-state index is 13.5. The number of nitrogens with two attached hydrogens (primary N) is 1. The molecule has 2 amide bonds. The molecule has 0 spiro atoms. The summed E-state index contributed by atoms with van der Waals surface area (Å²) < 4.78 is 36.0. The van der Waals surface area contributed by atoms with Gasteiger partial charge < -0.3 is 14.7 Å². The second-order valence-electron chi connectivity index (χ2n) is 9.11. The van der Waals surface area contributed by atoms with Crippen LogP contribution in [0.3, 0.4) is 0 Å². The number of hydrogen-bond acceptors (Lipinski definition) is 6. The lowest BCUT2D eigenvalue weighted by molar-refractivity contribution is 0.0977. The van der Waals surface area contributed by atoms with E-state index in [1.807, 2.05) is 6.92 Å². The van der Waals surface area contributed by atoms with Crippen LogP contribution in [-0.4, -0.2) is 29.8 Å². The lowest BCUT2D eigenvalue weighted by atomic mass is 9.97. The molecule has 0 saturated carbocycles. The zero-order valence-electron chi connectivity index (χ0n) is 21.6. The Morgan fingerprint density at radius 3 is 2.42 bits per heavy atom. The number of sulfonamides is 1. The molecule has 0 radical (unpaired) electrons. The van der Waals surface area contributed by atoms with E-state index in [4.69, 9.17) is 10.2 Å². The Kier molecular flexibility index (Phi) is 7.35. The quantitative estimate of drug-likeness (QED) is 0.246. The number of hydrogen-bond donors (Lipinski definition) is 2. The van der Waals surface area contributed by atoms with E-state index in [1.165, 1.54) is 12.1 Å². The van der Waals surface area contributed by atoms with Crippen LogP contribution in [0, 0.1) is 6.92 Å². The van der Waals surface area contributed by atoms with Crippen LogP contribution in [0.25, 0.3) is 22.3 Å². The average Bonchev–Trinajstić information content (AvgIpc) is 3.42. The van der Waals surface area contributed by atoms with E-state index in [-0.39, 0.29) is 17.0 Å². The number of halogens is 1. The largest absolute Gasteiger partial charge is 0.472 e. The number of imidazole rings is 1. The molecule has 3 N–H and O–H groups in total. The van der Waals surface area contributed by atoms with Crippen LogP contribution in [-0.2, 0) is 23.0 Å². The predicted molar refractivity (Wildman–Crippen MR) is 154 cm³/mol. The third kappa shape index (κ3) is 4.82. The normalized spacial score (nSPS) is 11.6. The Morgan fingerprint density at radius 1 is 1.02 bits per heavy atom. The van der Waals surface area contributed by atoms with E-state index >= 15 is 0 Å². The maximum atomic E-state index is 13.5. The highest BCUT2D eigenvalue weighted by Gasteiger charge is 2.29. The van der Waals surface area contributed by atoms with Crippen LogP contribution >= 0.6 is 15.9 Å². The van der Waals surface area contributed by atoms with Crippen LogP contribution in [0.15, 0.2) is 87.0 Å². The minimum Gasteiger partial charge on any atom is -0.472 e. The topological polar surface area (TPSA) is 137 Å². The average molecular weight is 622 g/mol. The minimum atomic E-state index is -4.11. The molecule has 0 fully saturated rings. The van der Waals surface area contributed by atoms with Gasteiger partial charge in [-0.3, -0.25) is 9.59 Å². The zero-order chi connectivity index (χ0) is 28.6. The molecule has 0 saturated heterocycles. The number of aryl methyl sites for hydroxylation is 2. The van der Waals surface area contributed by atoms with Crippen molar-refractivity contribution in [3.8, 4) is 22.3 Å². The molecule has 5 rings (SSSR count). The Morgan fingerprint density at radius 2 is 1.73 bits per heavy atom. The first-order valence-corrected chi connectivity index (χ1v) is 14.6. The van der Waals surface area contributed by atoms with Gasteiger partial charge in [0.15, 0.2) is 0 Å². The summed E-state index contributed by atoms with van der Waals surface area (Å²) in [5.41, 5.74) is 10.2. The number of fused-ring (bicyclic) bond motifs is 1. The third-order valence-electron chi connectivity index (χ3n) is 6.68. The zero-order valence-corrected chi connectivity index (χ0v) is 24.0. The summed E-state index contributed by atoms with van der Waals surface area (Å²) in [6.45, 7) is 3.90. The fourth-order valence-corrected chi connectivity index (χ4v) is 6.67.